The van der Waals surface area contributed by atoms with Crippen molar-refractivity contribution in [2.24, 2.45) is 7.05 Å². The first-order valence-corrected chi connectivity index (χ1v) is 10.8. The normalized spacial score (nSPS) is 20.2. The second-order valence-electron chi connectivity index (χ2n) is 8.20. The van der Waals surface area contributed by atoms with Crippen molar-refractivity contribution < 1.29 is 14.6 Å². The molecule has 162 valence electrons. The Balaban J connectivity index is 1.25. The van der Waals surface area contributed by atoms with Gasteiger partial charge in [-0.25, -0.2) is 0 Å². The van der Waals surface area contributed by atoms with E-state index in [0.717, 1.165) is 57.1 Å². The summed E-state index contributed by atoms with van der Waals surface area (Å²) in [6.45, 7) is 6.41. The maximum absolute atomic E-state index is 12.9. The van der Waals surface area contributed by atoms with Gasteiger partial charge in [-0.05, 0) is 49.7 Å². The smallest absolute Gasteiger partial charge is 0.255 e. The number of aliphatic hydroxyl groups excluding tert-OH is 1. The number of benzene rings is 1. The number of fused-ring (bicyclic) bond motifs is 1. The van der Waals surface area contributed by atoms with Crippen molar-refractivity contribution in [3.63, 3.8) is 0 Å². The second-order valence-corrected chi connectivity index (χ2v) is 8.20. The van der Waals surface area contributed by atoms with Crippen LogP contribution >= 0.6 is 0 Å². The number of rotatable bonds is 6. The number of hydrogen-bond acceptors (Lipinski definition) is 5. The molecule has 0 aliphatic carbocycles. The monoisotopic (exact) mass is 412 g/mol. The lowest BCUT2D eigenvalue weighted by Crippen LogP contribution is -2.47. The molecule has 0 radical (unpaired) electrons. The van der Waals surface area contributed by atoms with Crippen LogP contribution < -0.4 is 9.64 Å². The third kappa shape index (κ3) is 4.32. The molecule has 0 spiro atoms. The highest BCUT2D eigenvalue weighted by atomic mass is 16.5. The van der Waals surface area contributed by atoms with E-state index in [1.165, 1.54) is 5.69 Å². The van der Waals surface area contributed by atoms with Gasteiger partial charge in [-0.1, -0.05) is 0 Å². The Hall–Kier alpha value is -2.51. The molecule has 0 saturated carbocycles. The summed E-state index contributed by atoms with van der Waals surface area (Å²) in [6.07, 6.45) is 2.83. The number of hydrogen-bond donors (Lipinski definition) is 1. The molecule has 2 aromatic rings. The minimum atomic E-state index is -0.569. The Morgan fingerprint density at radius 3 is 2.47 bits per heavy atom. The van der Waals surface area contributed by atoms with Crippen molar-refractivity contribution in [2.75, 3.05) is 57.8 Å². The maximum Gasteiger partial charge on any atom is 0.255 e. The van der Waals surface area contributed by atoms with Crippen LogP contribution in [-0.4, -0.2) is 78.3 Å². The highest BCUT2D eigenvalue weighted by molar-refractivity contribution is 5.96. The Labute approximate surface area is 178 Å². The number of aryl methyl sites for hydroxylation is 1. The van der Waals surface area contributed by atoms with Crippen molar-refractivity contribution in [2.45, 2.75) is 18.9 Å². The standard InChI is InChI=1S/C23H32N4O3/c1-24-12-8-20-22(24)21(28)9-13-27(23(20)29)11-3-10-25-14-16-26(17-15-25)18-4-6-19(30-2)7-5-18/h4-8,12,21,28H,3,9-11,13-17H2,1-2H3. The summed E-state index contributed by atoms with van der Waals surface area (Å²) in [5.74, 6) is 0.932. The molecule has 1 N–H and O–H groups in total. The molecule has 2 aliphatic heterocycles. The van der Waals surface area contributed by atoms with Crippen LogP contribution in [-0.2, 0) is 7.05 Å². The Morgan fingerprint density at radius 1 is 1.03 bits per heavy atom. The third-order valence-electron chi connectivity index (χ3n) is 6.34. The summed E-state index contributed by atoms with van der Waals surface area (Å²) in [7, 11) is 3.57. The lowest BCUT2D eigenvalue weighted by molar-refractivity contribution is 0.0738. The first kappa shape index (κ1) is 20.8. The fraction of sp³-hybridized carbons (Fsp3) is 0.522. The van der Waals surface area contributed by atoms with Crippen LogP contribution in [0.25, 0.3) is 0 Å². The van der Waals surface area contributed by atoms with Gasteiger partial charge in [0.15, 0.2) is 0 Å². The van der Waals surface area contributed by atoms with Crippen LogP contribution in [0, 0.1) is 0 Å². The molecule has 1 atom stereocenters. The number of amides is 1. The minimum absolute atomic E-state index is 0.0477. The van der Waals surface area contributed by atoms with Crippen LogP contribution in [0.15, 0.2) is 36.5 Å². The van der Waals surface area contributed by atoms with Gasteiger partial charge < -0.3 is 24.2 Å². The summed E-state index contributed by atoms with van der Waals surface area (Å²) in [6, 6.07) is 10.1. The number of nitrogens with zero attached hydrogens (tertiary/aromatic N) is 4. The molecule has 1 saturated heterocycles. The minimum Gasteiger partial charge on any atom is -0.497 e. The average Bonchev–Trinajstić information content (AvgIpc) is 3.12. The molecule has 7 nitrogen and oxygen atoms in total. The molecular weight excluding hydrogens is 380 g/mol. The van der Waals surface area contributed by atoms with Gasteiger partial charge >= 0.3 is 0 Å². The zero-order chi connectivity index (χ0) is 21.1. The summed E-state index contributed by atoms with van der Waals surface area (Å²) in [4.78, 5) is 19.7. The van der Waals surface area contributed by atoms with E-state index in [4.69, 9.17) is 4.74 Å². The number of ether oxygens (including phenoxy) is 1. The van der Waals surface area contributed by atoms with Gasteiger partial charge in [0.25, 0.3) is 5.91 Å². The molecule has 2 aliphatic rings. The summed E-state index contributed by atoms with van der Waals surface area (Å²) < 4.78 is 7.10. The number of aliphatic hydroxyl groups is 1. The molecule has 4 rings (SSSR count). The predicted molar refractivity (Wildman–Crippen MR) is 117 cm³/mol. The zero-order valence-corrected chi connectivity index (χ0v) is 18.0. The average molecular weight is 413 g/mol. The van der Waals surface area contributed by atoms with E-state index >= 15 is 0 Å². The van der Waals surface area contributed by atoms with E-state index in [1.807, 2.05) is 40.9 Å². The van der Waals surface area contributed by atoms with Crippen LogP contribution in [0.3, 0.4) is 0 Å². The van der Waals surface area contributed by atoms with Crippen molar-refractivity contribution in [3.05, 3.63) is 47.8 Å². The number of piperazine rings is 1. The van der Waals surface area contributed by atoms with Crippen molar-refractivity contribution >= 4 is 11.6 Å². The molecule has 1 unspecified atom stereocenters. The highest BCUT2D eigenvalue weighted by Gasteiger charge is 2.29. The maximum atomic E-state index is 12.9. The van der Waals surface area contributed by atoms with Gasteiger partial charge in [0.05, 0.1) is 24.5 Å². The first-order chi connectivity index (χ1) is 14.6. The highest BCUT2D eigenvalue weighted by Crippen LogP contribution is 2.27. The fourth-order valence-electron chi connectivity index (χ4n) is 4.55. The third-order valence-corrected chi connectivity index (χ3v) is 6.34. The SMILES string of the molecule is COc1ccc(N2CCN(CCCN3CCC(O)c4c(ccn4C)C3=O)CC2)cc1. The van der Waals surface area contributed by atoms with E-state index in [0.29, 0.717) is 18.5 Å². The van der Waals surface area contributed by atoms with E-state index < -0.39 is 6.10 Å². The number of carbonyl (C=O) groups excluding carboxylic acids is 1. The Morgan fingerprint density at radius 2 is 1.77 bits per heavy atom. The van der Waals surface area contributed by atoms with Gasteiger partial charge in [-0.15, -0.1) is 0 Å². The summed E-state index contributed by atoms with van der Waals surface area (Å²) in [5.41, 5.74) is 2.63. The number of methoxy groups -OCH3 is 1. The first-order valence-electron chi connectivity index (χ1n) is 10.8. The molecule has 3 heterocycles. The molecule has 0 bridgehead atoms. The molecule has 7 heteroatoms. The second kappa shape index (κ2) is 9.10. The van der Waals surface area contributed by atoms with E-state index in [-0.39, 0.29) is 5.91 Å². The van der Waals surface area contributed by atoms with Crippen LogP contribution in [0.4, 0.5) is 5.69 Å². The van der Waals surface area contributed by atoms with E-state index in [1.54, 1.807) is 7.11 Å². The fourth-order valence-corrected chi connectivity index (χ4v) is 4.55. The van der Waals surface area contributed by atoms with Gasteiger partial charge in [0.2, 0.25) is 0 Å². The lowest BCUT2D eigenvalue weighted by atomic mass is 10.1. The molecular formula is C23H32N4O3. The quantitative estimate of drug-likeness (QED) is 0.788. The van der Waals surface area contributed by atoms with E-state index in [9.17, 15) is 9.90 Å². The van der Waals surface area contributed by atoms with Gasteiger partial charge in [0.1, 0.15) is 5.75 Å². The van der Waals surface area contributed by atoms with Crippen LogP contribution in [0.1, 0.15) is 35.0 Å². The number of aromatic nitrogens is 1. The van der Waals surface area contributed by atoms with E-state index in [2.05, 4.69) is 21.9 Å². The van der Waals surface area contributed by atoms with Crippen LogP contribution in [0.5, 0.6) is 5.75 Å². The Kier molecular flexibility index (Phi) is 6.29. The van der Waals surface area contributed by atoms with Crippen molar-refractivity contribution in [3.8, 4) is 5.75 Å². The molecule has 1 aromatic heterocycles. The molecule has 1 amide bonds. The summed E-state index contributed by atoms with van der Waals surface area (Å²) in [5, 5.41) is 10.4. The molecule has 30 heavy (non-hydrogen) atoms. The Bertz CT molecular complexity index is 856. The summed E-state index contributed by atoms with van der Waals surface area (Å²) >= 11 is 0. The van der Waals surface area contributed by atoms with Gasteiger partial charge in [0, 0.05) is 58.2 Å². The van der Waals surface area contributed by atoms with Crippen LogP contribution in [0.2, 0.25) is 0 Å². The lowest BCUT2D eigenvalue weighted by Gasteiger charge is -2.36. The van der Waals surface area contributed by atoms with Crippen molar-refractivity contribution in [1.29, 1.82) is 0 Å². The predicted octanol–water partition coefficient (Wildman–Crippen LogP) is 2.13. The molecule has 1 fully saturated rings. The zero-order valence-electron chi connectivity index (χ0n) is 18.0. The molecule has 1 aromatic carbocycles. The van der Waals surface area contributed by atoms with Gasteiger partial charge in [-0.2, -0.15) is 0 Å². The topological polar surface area (TPSA) is 61.2 Å². The van der Waals surface area contributed by atoms with Gasteiger partial charge in [-0.3, -0.25) is 9.69 Å². The number of anilines is 1. The number of carbonyl (C=O) groups is 1. The van der Waals surface area contributed by atoms with Crippen molar-refractivity contribution in [1.82, 2.24) is 14.4 Å². The largest absolute Gasteiger partial charge is 0.497 e.